The minimum Gasteiger partial charge on any atom is -0.756 e. The first-order valence-electron chi connectivity index (χ1n) is 30.6. The molecule has 0 spiro atoms. The quantitative estimate of drug-likeness (QED) is 0.0212. The van der Waals surface area contributed by atoms with E-state index in [9.17, 15) is 19.0 Å². The summed E-state index contributed by atoms with van der Waals surface area (Å²) in [5.74, 6) is -0.544. The monoisotopic (exact) mass is 1020 g/mol. The van der Waals surface area contributed by atoms with Gasteiger partial charge in [-0.25, -0.2) is 0 Å². The van der Waals surface area contributed by atoms with Crippen LogP contribution < -0.4 is 10.2 Å². The molecule has 0 bridgehead atoms. The van der Waals surface area contributed by atoms with Gasteiger partial charge in [0, 0.05) is 12.8 Å². The molecule has 420 valence electrons. The predicted octanol–water partition coefficient (Wildman–Crippen LogP) is 17.9. The number of amides is 1. The van der Waals surface area contributed by atoms with E-state index in [4.69, 9.17) is 13.8 Å². The van der Waals surface area contributed by atoms with E-state index in [-0.39, 0.29) is 31.5 Å². The second kappa shape index (κ2) is 52.0. The third-order valence-electron chi connectivity index (χ3n) is 13.9. The lowest BCUT2D eigenvalue weighted by atomic mass is 10.0. The van der Waals surface area contributed by atoms with Gasteiger partial charge in [-0.3, -0.25) is 14.2 Å². The van der Waals surface area contributed by atoms with Gasteiger partial charge in [0.05, 0.1) is 33.8 Å². The zero-order valence-electron chi connectivity index (χ0n) is 48.0. The van der Waals surface area contributed by atoms with Gasteiger partial charge >= 0.3 is 5.97 Å². The van der Waals surface area contributed by atoms with Crippen molar-refractivity contribution in [1.29, 1.82) is 0 Å². The molecule has 1 N–H and O–H groups in total. The summed E-state index contributed by atoms with van der Waals surface area (Å²) in [5, 5.41) is 3.02. The molecule has 0 saturated carbocycles. The molecule has 10 heteroatoms. The number of allylic oxidation sites excluding steroid dienone is 3. The number of carbonyl (C=O) groups is 2. The van der Waals surface area contributed by atoms with Gasteiger partial charge in [0.15, 0.2) is 0 Å². The van der Waals surface area contributed by atoms with Gasteiger partial charge in [-0.2, -0.15) is 0 Å². The number of phosphoric ester groups is 1. The maximum Gasteiger partial charge on any atom is 0.306 e. The van der Waals surface area contributed by atoms with E-state index >= 15 is 0 Å². The number of carbonyl (C=O) groups excluding carboxylic acids is 2. The highest BCUT2D eigenvalue weighted by Gasteiger charge is 2.27. The third kappa shape index (κ3) is 53.1. The van der Waals surface area contributed by atoms with E-state index < -0.39 is 20.0 Å². The Kier molecular flexibility index (Phi) is 50.8. The molecular formula is C61H119N2O7P. The van der Waals surface area contributed by atoms with E-state index in [0.29, 0.717) is 17.4 Å². The summed E-state index contributed by atoms with van der Waals surface area (Å²) in [5.41, 5.74) is 0. The summed E-state index contributed by atoms with van der Waals surface area (Å²) in [6.07, 6.45) is 60.0. The Morgan fingerprint density at radius 2 is 0.817 bits per heavy atom. The molecule has 0 radical (unpaired) electrons. The average Bonchev–Trinajstić information content (AvgIpc) is 3.33. The van der Waals surface area contributed by atoms with Crippen molar-refractivity contribution in [3.63, 3.8) is 0 Å². The lowest BCUT2D eigenvalue weighted by molar-refractivity contribution is -0.870. The van der Waals surface area contributed by atoms with Crippen LogP contribution in [0.1, 0.15) is 303 Å². The molecule has 0 saturated heterocycles. The molecule has 0 aliphatic carbocycles. The highest BCUT2D eigenvalue weighted by Crippen LogP contribution is 2.38. The van der Waals surface area contributed by atoms with Crippen molar-refractivity contribution >= 4 is 19.7 Å². The Labute approximate surface area is 441 Å². The van der Waals surface area contributed by atoms with Crippen LogP contribution in [0.15, 0.2) is 24.3 Å². The number of rotatable bonds is 56. The standard InChI is InChI=1S/C61H119N2O7P/c1-7-10-13-16-19-22-25-28-29-30-31-32-33-36-39-42-45-48-51-54-61(65)70-59(52-49-46-43-40-37-34-26-23-20-17-14-11-8-2)58(57-69-71(66,67)68-56-55-63(4,5)6)62-60(64)53-50-47-44-41-38-35-27-24-21-18-15-12-9-3/h35,38,49,52,58-59H,7-34,36-37,39-48,50-51,53-57H2,1-6H3,(H-,62,64,66,67)/b38-35-,52-49-. The number of nitrogens with one attached hydrogen (secondary N) is 1. The first-order valence-corrected chi connectivity index (χ1v) is 32.1. The predicted molar refractivity (Wildman–Crippen MR) is 303 cm³/mol. The Morgan fingerprint density at radius 1 is 0.479 bits per heavy atom. The lowest BCUT2D eigenvalue weighted by Gasteiger charge is -2.30. The SMILES string of the molecule is CCCCCCCC/C=C\CCCCCC(=O)NC(COP(=O)([O-])OCC[N+](C)(C)C)C(/C=C\CCCCCCCCCCCCC)OC(=O)CCCCCCCCCCCCCCCCCCCCC. The summed E-state index contributed by atoms with van der Waals surface area (Å²) < 4.78 is 30.3. The summed E-state index contributed by atoms with van der Waals surface area (Å²) in [6, 6.07) is -0.890. The Morgan fingerprint density at radius 3 is 1.21 bits per heavy atom. The molecule has 0 aromatic carbocycles. The average molecular weight is 1020 g/mol. The Hall–Kier alpha value is -1.51. The minimum atomic E-state index is -4.69. The zero-order valence-corrected chi connectivity index (χ0v) is 48.8. The summed E-state index contributed by atoms with van der Waals surface area (Å²) in [6.45, 7) is 6.86. The molecule has 3 unspecified atom stereocenters. The molecule has 1 amide bonds. The van der Waals surface area contributed by atoms with Gasteiger partial charge in [-0.05, 0) is 57.4 Å². The Bertz CT molecular complexity index is 1270. The number of ether oxygens (including phenoxy) is 1. The number of phosphoric acid groups is 1. The maximum absolute atomic E-state index is 13.5. The fourth-order valence-corrected chi connectivity index (χ4v) is 9.83. The molecule has 71 heavy (non-hydrogen) atoms. The Balaban J connectivity index is 5.26. The highest BCUT2D eigenvalue weighted by molar-refractivity contribution is 7.45. The fourth-order valence-electron chi connectivity index (χ4n) is 9.11. The first-order chi connectivity index (χ1) is 34.4. The molecule has 0 aromatic heterocycles. The van der Waals surface area contributed by atoms with Crippen LogP contribution in [0.25, 0.3) is 0 Å². The zero-order chi connectivity index (χ0) is 52.2. The van der Waals surface area contributed by atoms with Crippen LogP contribution in [0.4, 0.5) is 0 Å². The van der Waals surface area contributed by atoms with Crippen LogP contribution in [-0.4, -0.2) is 69.4 Å². The van der Waals surface area contributed by atoms with Crippen molar-refractivity contribution < 1.29 is 37.3 Å². The number of nitrogens with zero attached hydrogens (tertiary/aromatic N) is 1. The number of quaternary nitrogens is 1. The number of hydrogen-bond acceptors (Lipinski definition) is 7. The number of likely N-dealkylation sites (N-methyl/N-ethyl adjacent to an activating group) is 1. The maximum atomic E-state index is 13.5. The minimum absolute atomic E-state index is 0.0216. The summed E-state index contributed by atoms with van der Waals surface area (Å²) >= 11 is 0. The third-order valence-corrected chi connectivity index (χ3v) is 14.8. The van der Waals surface area contributed by atoms with E-state index in [1.54, 1.807) is 0 Å². The molecular weight excluding hydrogens is 904 g/mol. The van der Waals surface area contributed by atoms with Gasteiger partial charge in [0.1, 0.15) is 19.3 Å². The lowest BCUT2D eigenvalue weighted by Crippen LogP contribution is -2.47. The number of unbranched alkanes of at least 4 members (excludes halogenated alkanes) is 38. The smallest absolute Gasteiger partial charge is 0.306 e. The molecule has 0 aliphatic heterocycles. The van der Waals surface area contributed by atoms with Crippen molar-refractivity contribution in [1.82, 2.24) is 5.32 Å². The van der Waals surface area contributed by atoms with Crippen molar-refractivity contribution in [3.8, 4) is 0 Å². The van der Waals surface area contributed by atoms with E-state index in [2.05, 4.69) is 38.2 Å². The molecule has 0 rings (SSSR count). The van der Waals surface area contributed by atoms with Crippen molar-refractivity contribution in [2.45, 2.75) is 315 Å². The van der Waals surface area contributed by atoms with Gasteiger partial charge in [0.2, 0.25) is 5.91 Å². The molecule has 3 atom stereocenters. The van der Waals surface area contributed by atoms with Gasteiger partial charge in [-0.1, -0.05) is 257 Å². The fraction of sp³-hybridized carbons (Fsp3) is 0.902. The normalized spacial score (nSPS) is 13.8. The number of hydrogen-bond donors (Lipinski definition) is 1. The molecule has 0 fully saturated rings. The van der Waals surface area contributed by atoms with Gasteiger partial charge in [0.25, 0.3) is 7.82 Å². The summed E-state index contributed by atoms with van der Waals surface area (Å²) in [4.78, 5) is 39.9. The van der Waals surface area contributed by atoms with Crippen molar-refractivity contribution in [3.05, 3.63) is 24.3 Å². The highest BCUT2D eigenvalue weighted by atomic mass is 31.2. The topological polar surface area (TPSA) is 114 Å². The summed E-state index contributed by atoms with van der Waals surface area (Å²) in [7, 11) is 1.19. The molecule has 0 heterocycles. The van der Waals surface area contributed by atoms with Crippen LogP contribution in [0.5, 0.6) is 0 Å². The second-order valence-electron chi connectivity index (χ2n) is 22.2. The van der Waals surface area contributed by atoms with Gasteiger partial charge in [-0.15, -0.1) is 0 Å². The first kappa shape index (κ1) is 69.5. The largest absolute Gasteiger partial charge is 0.756 e. The number of esters is 1. The molecule has 9 nitrogen and oxygen atoms in total. The van der Waals surface area contributed by atoms with Gasteiger partial charge < -0.3 is 28.5 Å². The van der Waals surface area contributed by atoms with Crippen LogP contribution in [0, 0.1) is 0 Å². The van der Waals surface area contributed by atoms with E-state index in [1.165, 1.54) is 199 Å². The molecule has 0 aliphatic rings. The van der Waals surface area contributed by atoms with E-state index in [0.717, 1.165) is 70.6 Å². The second-order valence-corrected chi connectivity index (χ2v) is 23.6. The van der Waals surface area contributed by atoms with Crippen LogP contribution in [-0.2, 0) is 27.9 Å². The van der Waals surface area contributed by atoms with Crippen molar-refractivity contribution in [2.75, 3.05) is 40.9 Å². The van der Waals surface area contributed by atoms with Crippen LogP contribution >= 0.6 is 7.82 Å². The van der Waals surface area contributed by atoms with Crippen LogP contribution in [0.3, 0.4) is 0 Å². The van der Waals surface area contributed by atoms with Crippen molar-refractivity contribution in [2.24, 2.45) is 0 Å². The van der Waals surface area contributed by atoms with E-state index in [1.807, 2.05) is 33.3 Å². The molecule has 0 aromatic rings. The van der Waals surface area contributed by atoms with Crippen LogP contribution in [0.2, 0.25) is 0 Å².